The fourth-order valence-corrected chi connectivity index (χ4v) is 4.28. The number of H-pyrrole nitrogens is 1. The number of hydrogen-bond acceptors (Lipinski definition) is 5. The first kappa shape index (κ1) is 18.5. The first-order chi connectivity index (χ1) is 14.4. The van der Waals surface area contributed by atoms with Gasteiger partial charge in [-0.15, -0.1) is 0 Å². The van der Waals surface area contributed by atoms with Gasteiger partial charge in [0.2, 0.25) is 0 Å². The smallest absolute Gasteiger partial charge is 0.274 e. The molecule has 1 saturated heterocycles. The van der Waals surface area contributed by atoms with Crippen LogP contribution in [0.25, 0.3) is 11.3 Å². The lowest BCUT2D eigenvalue weighted by Gasteiger charge is -2.31. The van der Waals surface area contributed by atoms with Crippen molar-refractivity contribution in [3.63, 3.8) is 0 Å². The van der Waals surface area contributed by atoms with Gasteiger partial charge in [-0.3, -0.25) is 14.7 Å². The molecule has 1 amide bonds. The van der Waals surface area contributed by atoms with Crippen LogP contribution >= 0.6 is 0 Å². The second-order valence-corrected chi connectivity index (χ2v) is 8.05. The number of aromatic amines is 1. The zero-order chi connectivity index (χ0) is 21.0. The van der Waals surface area contributed by atoms with E-state index in [0.717, 1.165) is 29.9 Å². The van der Waals surface area contributed by atoms with Crippen LogP contribution in [0.15, 0.2) is 29.1 Å². The van der Waals surface area contributed by atoms with Crippen molar-refractivity contribution in [1.82, 2.24) is 34.1 Å². The molecule has 0 radical (unpaired) electrons. The summed E-state index contributed by atoms with van der Waals surface area (Å²) >= 11 is 0. The molecule has 1 aliphatic heterocycles. The highest BCUT2D eigenvalue weighted by atomic mass is 16.2. The zero-order valence-corrected chi connectivity index (χ0v) is 17.2. The second kappa shape index (κ2) is 6.79. The summed E-state index contributed by atoms with van der Waals surface area (Å²) in [5.74, 6) is 0.184. The molecule has 5 rings (SSSR count). The van der Waals surface area contributed by atoms with Crippen LogP contribution in [-0.4, -0.2) is 53.1 Å². The quantitative estimate of drug-likeness (QED) is 0.550. The van der Waals surface area contributed by atoms with Gasteiger partial charge in [0.1, 0.15) is 0 Å². The number of likely N-dealkylation sites (tertiary alicyclic amines) is 1. The monoisotopic (exact) mass is 405 g/mol. The van der Waals surface area contributed by atoms with E-state index in [1.54, 1.807) is 10.6 Å². The minimum absolute atomic E-state index is 0.0684. The van der Waals surface area contributed by atoms with Crippen LogP contribution in [0.3, 0.4) is 0 Å². The predicted molar refractivity (Wildman–Crippen MR) is 111 cm³/mol. The first-order valence-electron chi connectivity index (χ1n) is 10.1. The highest BCUT2D eigenvalue weighted by molar-refractivity contribution is 5.93. The minimum Gasteiger partial charge on any atom is -0.337 e. The molecule has 1 N–H and O–H groups in total. The van der Waals surface area contributed by atoms with Crippen molar-refractivity contribution in [2.45, 2.75) is 39.5 Å². The molecule has 0 bridgehead atoms. The van der Waals surface area contributed by atoms with Crippen molar-refractivity contribution in [2.24, 2.45) is 0 Å². The third-order valence-corrected chi connectivity index (χ3v) is 5.77. The Hall–Kier alpha value is -3.49. The van der Waals surface area contributed by atoms with Crippen LogP contribution < -0.4 is 5.56 Å². The molecule has 0 atom stereocenters. The molecule has 9 nitrogen and oxygen atoms in total. The Labute approximate surface area is 172 Å². The zero-order valence-electron chi connectivity index (χ0n) is 17.2. The number of nitrogens with zero attached hydrogens (tertiary/aromatic N) is 6. The number of piperidine rings is 1. The fraction of sp³-hybridized carbons (Fsp3) is 0.381. The number of amides is 1. The van der Waals surface area contributed by atoms with E-state index in [0.29, 0.717) is 35.8 Å². The van der Waals surface area contributed by atoms with E-state index in [-0.39, 0.29) is 17.4 Å². The summed E-state index contributed by atoms with van der Waals surface area (Å²) in [5, 5.41) is 7.64. The average molecular weight is 405 g/mol. The highest BCUT2D eigenvalue weighted by Gasteiger charge is 2.27. The van der Waals surface area contributed by atoms with Gasteiger partial charge >= 0.3 is 0 Å². The molecule has 154 valence electrons. The van der Waals surface area contributed by atoms with E-state index < -0.39 is 0 Å². The summed E-state index contributed by atoms with van der Waals surface area (Å²) in [6.07, 6.45) is 1.63. The Morgan fingerprint density at radius 2 is 1.70 bits per heavy atom. The maximum atomic E-state index is 13.0. The first-order valence-corrected chi connectivity index (χ1v) is 10.1. The fourth-order valence-electron chi connectivity index (χ4n) is 4.28. The molecule has 0 aliphatic carbocycles. The van der Waals surface area contributed by atoms with Gasteiger partial charge in [0, 0.05) is 60.0 Å². The lowest BCUT2D eigenvalue weighted by Crippen LogP contribution is -2.38. The van der Waals surface area contributed by atoms with E-state index in [4.69, 9.17) is 0 Å². The minimum atomic E-state index is -0.109. The summed E-state index contributed by atoms with van der Waals surface area (Å²) in [6.45, 7) is 6.98. The predicted octanol–water partition coefficient (Wildman–Crippen LogP) is 2.01. The van der Waals surface area contributed by atoms with Crippen molar-refractivity contribution >= 4 is 17.2 Å². The number of hydrogen-bond donors (Lipinski definition) is 1. The molecule has 0 aromatic carbocycles. The topological polar surface area (TPSA) is 101 Å². The van der Waals surface area contributed by atoms with E-state index in [1.165, 1.54) is 10.6 Å². The number of fused-ring (bicyclic) bond motifs is 2. The summed E-state index contributed by atoms with van der Waals surface area (Å²) in [6, 6.07) is 7.16. The Morgan fingerprint density at radius 3 is 2.47 bits per heavy atom. The van der Waals surface area contributed by atoms with E-state index >= 15 is 0 Å². The Morgan fingerprint density at radius 1 is 1.00 bits per heavy atom. The van der Waals surface area contributed by atoms with Crippen molar-refractivity contribution < 1.29 is 4.79 Å². The van der Waals surface area contributed by atoms with Crippen LogP contribution in [-0.2, 0) is 0 Å². The van der Waals surface area contributed by atoms with Gasteiger partial charge in [-0.05, 0) is 39.7 Å². The number of aromatic nitrogens is 6. The maximum absolute atomic E-state index is 13.0. The van der Waals surface area contributed by atoms with Gasteiger partial charge in [0.25, 0.3) is 11.5 Å². The molecule has 30 heavy (non-hydrogen) atoms. The van der Waals surface area contributed by atoms with Crippen LogP contribution in [0, 0.1) is 20.8 Å². The van der Waals surface area contributed by atoms with Gasteiger partial charge in [-0.1, -0.05) is 0 Å². The summed E-state index contributed by atoms with van der Waals surface area (Å²) < 4.78 is 3.19. The van der Waals surface area contributed by atoms with Crippen molar-refractivity contribution in [3.05, 3.63) is 63.1 Å². The van der Waals surface area contributed by atoms with Gasteiger partial charge in [-0.2, -0.15) is 5.10 Å². The number of carbonyl (C=O) groups excluding carboxylic acids is 1. The molecule has 9 heteroatoms. The largest absolute Gasteiger partial charge is 0.337 e. The molecule has 1 aliphatic rings. The van der Waals surface area contributed by atoms with Crippen LogP contribution in [0.1, 0.15) is 52.0 Å². The molecule has 0 spiro atoms. The van der Waals surface area contributed by atoms with Gasteiger partial charge < -0.3 is 4.90 Å². The third-order valence-electron chi connectivity index (χ3n) is 5.77. The van der Waals surface area contributed by atoms with Crippen molar-refractivity contribution in [3.8, 4) is 0 Å². The number of nitrogens with one attached hydrogen (secondary N) is 1. The van der Waals surface area contributed by atoms with Gasteiger partial charge in [-0.25, -0.2) is 19.0 Å². The van der Waals surface area contributed by atoms with E-state index in [2.05, 4.69) is 20.2 Å². The molecule has 5 heterocycles. The molecule has 0 unspecified atom stereocenters. The summed E-state index contributed by atoms with van der Waals surface area (Å²) in [4.78, 5) is 35.9. The van der Waals surface area contributed by atoms with Crippen molar-refractivity contribution in [2.75, 3.05) is 13.1 Å². The molecule has 4 aromatic heterocycles. The van der Waals surface area contributed by atoms with Gasteiger partial charge in [0.15, 0.2) is 17.0 Å². The van der Waals surface area contributed by atoms with E-state index in [1.807, 2.05) is 37.8 Å². The van der Waals surface area contributed by atoms with Crippen LogP contribution in [0.5, 0.6) is 0 Å². The number of carbonyl (C=O) groups is 1. The van der Waals surface area contributed by atoms with Crippen LogP contribution in [0.4, 0.5) is 0 Å². The molecule has 0 saturated carbocycles. The van der Waals surface area contributed by atoms with Crippen molar-refractivity contribution in [1.29, 1.82) is 0 Å². The second-order valence-electron chi connectivity index (χ2n) is 8.05. The van der Waals surface area contributed by atoms with E-state index in [9.17, 15) is 9.59 Å². The van der Waals surface area contributed by atoms with Gasteiger partial charge in [0.05, 0.1) is 0 Å². The average Bonchev–Trinajstić information content (AvgIpc) is 3.32. The highest BCUT2D eigenvalue weighted by Crippen LogP contribution is 2.28. The molecular weight excluding hydrogens is 382 g/mol. The molecule has 4 aromatic rings. The SMILES string of the molecule is Cc1cc(C)n2nc(C(=O)N3CCC(c4cc5nc(C)cc(=O)n5[nH]4)CC3)cc2n1. The normalized spacial score (nSPS) is 15.4. The summed E-state index contributed by atoms with van der Waals surface area (Å²) in [5.41, 5.74) is 5.19. The number of rotatable bonds is 2. The number of aryl methyl sites for hydroxylation is 3. The summed E-state index contributed by atoms with van der Waals surface area (Å²) in [7, 11) is 0. The molecular formula is C21H23N7O2. The Bertz CT molecular complexity index is 1340. The lowest BCUT2D eigenvalue weighted by molar-refractivity contribution is 0.0705. The Kier molecular flexibility index (Phi) is 4.19. The maximum Gasteiger partial charge on any atom is 0.274 e. The standard InChI is InChI=1S/C21H23N7O2/c1-12-8-14(3)27-18(22-12)11-17(25-27)21(30)26-6-4-15(5-7-26)16-10-19-23-13(2)9-20(29)28(19)24-16/h8-11,15,24H,4-7H2,1-3H3. The van der Waals surface area contributed by atoms with Crippen LogP contribution in [0.2, 0.25) is 0 Å². The third kappa shape index (κ3) is 3.06. The lowest BCUT2D eigenvalue weighted by atomic mass is 9.93. The Balaban J connectivity index is 1.33. The molecule has 1 fully saturated rings.